The molecule has 0 saturated carbocycles. The van der Waals surface area contributed by atoms with Gasteiger partial charge in [0.05, 0.1) is 18.9 Å². The van der Waals surface area contributed by atoms with Crippen LogP contribution < -0.4 is 9.47 Å². The average Bonchev–Trinajstić information content (AvgIpc) is 2.88. The summed E-state index contributed by atoms with van der Waals surface area (Å²) in [6.07, 6.45) is 3.77. The maximum atomic E-state index is 11.3. The standard InChI is InChI=1S/C33H36O4/c1-5-7-18-36-31-17-14-27(20-28(31)33-22(3)10-8-11-23(33)4)30-16-13-26-19-25(12-15-29(26)37-30)24(9-6-2)21-32(34)35/h8,10-12,14-15,17,19-20,24,30H,5,7,13,16,18,21H2,1-4H3,(H,34,35)/t24-,30?/m0/s1. The minimum absolute atomic E-state index is 0.00309. The molecule has 192 valence electrons. The predicted molar refractivity (Wildman–Crippen MR) is 148 cm³/mol. The fraction of sp³-hybridized carbons (Fsp3) is 0.364. The minimum atomic E-state index is -0.844. The Labute approximate surface area is 220 Å². The van der Waals surface area contributed by atoms with Crippen molar-refractivity contribution in [2.45, 2.75) is 71.8 Å². The summed E-state index contributed by atoms with van der Waals surface area (Å²) in [5, 5.41) is 9.29. The Kier molecular flexibility index (Phi) is 8.56. The highest BCUT2D eigenvalue weighted by Crippen LogP contribution is 2.41. The normalized spacial score (nSPS) is 15.1. The van der Waals surface area contributed by atoms with Crippen LogP contribution in [0.4, 0.5) is 0 Å². The van der Waals surface area contributed by atoms with Crippen LogP contribution in [0.5, 0.6) is 11.5 Å². The number of carbonyl (C=O) groups is 1. The Morgan fingerprint density at radius 2 is 1.92 bits per heavy atom. The third-order valence-corrected chi connectivity index (χ3v) is 7.01. The molecule has 37 heavy (non-hydrogen) atoms. The molecule has 0 aromatic heterocycles. The molecule has 4 nitrogen and oxygen atoms in total. The molecule has 0 amide bonds. The molecule has 4 rings (SSSR count). The summed E-state index contributed by atoms with van der Waals surface area (Å²) in [5.41, 5.74) is 7.97. The summed E-state index contributed by atoms with van der Waals surface area (Å²) >= 11 is 0. The number of carboxylic acid groups (broad SMARTS) is 1. The number of aliphatic carboxylic acids is 1. The molecule has 4 heteroatoms. The van der Waals surface area contributed by atoms with Gasteiger partial charge in [-0.3, -0.25) is 4.79 Å². The van der Waals surface area contributed by atoms with Gasteiger partial charge in [0.1, 0.15) is 17.6 Å². The van der Waals surface area contributed by atoms with Gasteiger partial charge in [-0.1, -0.05) is 55.7 Å². The molecule has 1 N–H and O–H groups in total. The van der Waals surface area contributed by atoms with Gasteiger partial charge in [0.15, 0.2) is 0 Å². The van der Waals surface area contributed by atoms with Gasteiger partial charge in [0, 0.05) is 5.56 Å². The summed E-state index contributed by atoms with van der Waals surface area (Å²) in [4.78, 5) is 11.3. The summed E-state index contributed by atoms with van der Waals surface area (Å²) in [6, 6.07) is 18.8. The molecule has 0 aliphatic carbocycles. The number of fused-ring (bicyclic) bond motifs is 1. The summed E-state index contributed by atoms with van der Waals surface area (Å²) in [5.74, 6) is 6.53. The van der Waals surface area contributed by atoms with Crippen molar-refractivity contribution in [2.75, 3.05) is 6.61 Å². The highest BCUT2D eigenvalue weighted by atomic mass is 16.5. The van der Waals surface area contributed by atoms with Crippen LogP contribution in [0.1, 0.15) is 79.4 Å². The lowest BCUT2D eigenvalue weighted by molar-refractivity contribution is -0.137. The van der Waals surface area contributed by atoms with Crippen molar-refractivity contribution in [1.29, 1.82) is 0 Å². The molecular weight excluding hydrogens is 460 g/mol. The van der Waals surface area contributed by atoms with Crippen molar-refractivity contribution in [3.05, 3.63) is 82.4 Å². The number of aryl methyl sites for hydroxylation is 3. The van der Waals surface area contributed by atoms with Crippen LogP contribution in [0.3, 0.4) is 0 Å². The summed E-state index contributed by atoms with van der Waals surface area (Å²) in [7, 11) is 0. The van der Waals surface area contributed by atoms with Crippen LogP contribution in [0, 0.1) is 25.7 Å². The van der Waals surface area contributed by atoms with Gasteiger partial charge in [-0.15, -0.1) is 5.92 Å². The topological polar surface area (TPSA) is 55.8 Å². The second kappa shape index (κ2) is 12.0. The fourth-order valence-corrected chi connectivity index (χ4v) is 5.10. The number of carboxylic acids is 1. The van der Waals surface area contributed by atoms with E-state index in [4.69, 9.17) is 9.47 Å². The molecule has 2 atom stereocenters. The monoisotopic (exact) mass is 496 g/mol. The fourth-order valence-electron chi connectivity index (χ4n) is 5.10. The van der Waals surface area contributed by atoms with E-state index in [0.29, 0.717) is 6.61 Å². The highest BCUT2D eigenvalue weighted by Gasteiger charge is 2.25. The zero-order chi connectivity index (χ0) is 26.4. The number of rotatable bonds is 9. The first-order chi connectivity index (χ1) is 17.9. The van der Waals surface area contributed by atoms with E-state index in [2.05, 4.69) is 75.1 Å². The van der Waals surface area contributed by atoms with Gasteiger partial charge in [0.25, 0.3) is 0 Å². The van der Waals surface area contributed by atoms with Crippen molar-refractivity contribution in [1.82, 2.24) is 0 Å². The number of hydrogen-bond donors (Lipinski definition) is 1. The first-order valence-electron chi connectivity index (χ1n) is 13.2. The minimum Gasteiger partial charge on any atom is -0.493 e. The molecule has 0 spiro atoms. The molecule has 1 aliphatic heterocycles. The van der Waals surface area contributed by atoms with E-state index >= 15 is 0 Å². The van der Waals surface area contributed by atoms with Gasteiger partial charge >= 0.3 is 5.97 Å². The van der Waals surface area contributed by atoms with Gasteiger partial charge in [-0.05, 0) is 91.6 Å². The molecule has 1 aliphatic rings. The van der Waals surface area contributed by atoms with Crippen molar-refractivity contribution in [3.63, 3.8) is 0 Å². The molecule has 1 unspecified atom stereocenters. The van der Waals surface area contributed by atoms with E-state index in [0.717, 1.165) is 59.4 Å². The Morgan fingerprint density at radius 1 is 1.14 bits per heavy atom. The quantitative estimate of drug-likeness (QED) is 0.243. The van der Waals surface area contributed by atoms with Crippen molar-refractivity contribution < 1.29 is 19.4 Å². The molecule has 0 bridgehead atoms. The Morgan fingerprint density at radius 3 is 2.62 bits per heavy atom. The smallest absolute Gasteiger partial charge is 0.304 e. The van der Waals surface area contributed by atoms with Crippen molar-refractivity contribution in [3.8, 4) is 34.5 Å². The first-order valence-corrected chi connectivity index (χ1v) is 13.2. The maximum Gasteiger partial charge on any atom is 0.304 e. The van der Waals surface area contributed by atoms with E-state index in [9.17, 15) is 9.90 Å². The SMILES string of the molecule is CC#C[C@@H](CC(=O)O)c1ccc2c(c1)CCC(c1ccc(OCCCC)c(-c3c(C)cccc3C)c1)O2. The van der Waals surface area contributed by atoms with Gasteiger partial charge in [-0.25, -0.2) is 0 Å². The first kappa shape index (κ1) is 26.4. The van der Waals surface area contributed by atoms with E-state index in [1.807, 2.05) is 12.1 Å². The van der Waals surface area contributed by atoms with Gasteiger partial charge in [-0.2, -0.15) is 0 Å². The molecule has 3 aromatic carbocycles. The molecule has 0 saturated heterocycles. The van der Waals surface area contributed by atoms with Crippen LogP contribution in [0.25, 0.3) is 11.1 Å². The van der Waals surface area contributed by atoms with E-state index in [-0.39, 0.29) is 18.4 Å². The van der Waals surface area contributed by atoms with Crippen LogP contribution in [0.15, 0.2) is 54.6 Å². The van der Waals surface area contributed by atoms with Crippen LogP contribution >= 0.6 is 0 Å². The van der Waals surface area contributed by atoms with Crippen molar-refractivity contribution in [2.24, 2.45) is 0 Å². The van der Waals surface area contributed by atoms with E-state index < -0.39 is 5.97 Å². The second-order valence-electron chi connectivity index (χ2n) is 9.78. The second-order valence-corrected chi connectivity index (χ2v) is 9.78. The third kappa shape index (κ3) is 6.17. The number of unbranched alkanes of at least 4 members (excludes halogenated alkanes) is 1. The molecule has 0 radical (unpaired) electrons. The van der Waals surface area contributed by atoms with E-state index in [1.165, 1.54) is 16.7 Å². The Bertz CT molecular complexity index is 1310. The zero-order valence-corrected chi connectivity index (χ0v) is 22.3. The molecule has 1 heterocycles. The molecular formula is C33H36O4. The number of benzene rings is 3. The summed E-state index contributed by atoms with van der Waals surface area (Å²) in [6.45, 7) is 8.92. The lowest BCUT2D eigenvalue weighted by Gasteiger charge is -2.28. The van der Waals surface area contributed by atoms with Crippen LogP contribution in [-0.2, 0) is 11.2 Å². The van der Waals surface area contributed by atoms with Gasteiger partial charge in [0.2, 0.25) is 0 Å². The lowest BCUT2D eigenvalue weighted by atomic mass is 9.89. The zero-order valence-electron chi connectivity index (χ0n) is 22.3. The Hall–Kier alpha value is -3.71. The predicted octanol–water partition coefficient (Wildman–Crippen LogP) is 7.80. The Balaban J connectivity index is 1.64. The van der Waals surface area contributed by atoms with Crippen LogP contribution in [-0.4, -0.2) is 17.7 Å². The number of ether oxygens (including phenoxy) is 2. The molecule has 0 fully saturated rings. The van der Waals surface area contributed by atoms with Crippen molar-refractivity contribution >= 4 is 5.97 Å². The summed E-state index contributed by atoms with van der Waals surface area (Å²) < 4.78 is 12.7. The van der Waals surface area contributed by atoms with Crippen LogP contribution in [0.2, 0.25) is 0 Å². The third-order valence-electron chi connectivity index (χ3n) is 7.01. The van der Waals surface area contributed by atoms with E-state index in [1.54, 1.807) is 6.92 Å². The molecule has 3 aromatic rings. The number of hydrogen-bond acceptors (Lipinski definition) is 3. The van der Waals surface area contributed by atoms with Gasteiger partial charge < -0.3 is 14.6 Å². The largest absolute Gasteiger partial charge is 0.493 e. The maximum absolute atomic E-state index is 11.3. The average molecular weight is 497 g/mol. The highest BCUT2D eigenvalue weighted by molar-refractivity contribution is 5.77. The lowest BCUT2D eigenvalue weighted by Crippen LogP contribution is -2.16.